The van der Waals surface area contributed by atoms with Gasteiger partial charge in [-0.05, 0) is 36.5 Å². The third-order valence-electron chi connectivity index (χ3n) is 3.56. The van der Waals surface area contributed by atoms with Gasteiger partial charge in [-0.15, -0.1) is 0 Å². The highest BCUT2D eigenvalue weighted by molar-refractivity contribution is 7.89. The van der Waals surface area contributed by atoms with E-state index in [1.54, 1.807) is 0 Å². The van der Waals surface area contributed by atoms with E-state index in [1.807, 2.05) is 20.8 Å². The fraction of sp³-hybridized carbons (Fsp3) is 0.571. The molecule has 0 aromatic heterocycles. The molecular formula is C14H22FNO3S. The quantitative estimate of drug-likeness (QED) is 0.846. The molecular weight excluding hydrogens is 281 g/mol. The van der Waals surface area contributed by atoms with Gasteiger partial charge in [0.2, 0.25) is 10.0 Å². The first-order valence-corrected chi connectivity index (χ1v) is 8.07. The van der Waals surface area contributed by atoms with Gasteiger partial charge in [0.1, 0.15) is 5.82 Å². The highest BCUT2D eigenvalue weighted by atomic mass is 32.2. The Kier molecular flexibility index (Phi) is 5.68. The summed E-state index contributed by atoms with van der Waals surface area (Å²) in [4.78, 5) is -0.113. The van der Waals surface area contributed by atoms with Gasteiger partial charge in [0, 0.05) is 12.1 Å². The summed E-state index contributed by atoms with van der Waals surface area (Å²) in [5.74, 6) is -0.107. The van der Waals surface area contributed by atoms with Gasteiger partial charge in [-0.25, -0.2) is 17.5 Å². The average molecular weight is 303 g/mol. The summed E-state index contributed by atoms with van der Waals surface area (Å²) in [6.45, 7) is 7.28. The van der Waals surface area contributed by atoms with Crippen LogP contribution in [0, 0.1) is 24.6 Å². The van der Waals surface area contributed by atoms with Crippen LogP contribution in [0.25, 0.3) is 0 Å². The van der Waals surface area contributed by atoms with Crippen molar-refractivity contribution in [2.24, 2.45) is 11.8 Å². The van der Waals surface area contributed by atoms with Crippen LogP contribution in [-0.2, 0) is 16.6 Å². The zero-order valence-corrected chi connectivity index (χ0v) is 13.1. The van der Waals surface area contributed by atoms with Crippen molar-refractivity contribution in [1.82, 2.24) is 4.72 Å². The lowest BCUT2D eigenvalue weighted by Crippen LogP contribution is -2.31. The van der Waals surface area contributed by atoms with Crippen molar-refractivity contribution in [3.63, 3.8) is 0 Å². The summed E-state index contributed by atoms with van der Waals surface area (Å²) in [7, 11) is -3.78. The summed E-state index contributed by atoms with van der Waals surface area (Å²) in [6.07, 6.45) is 0. The lowest BCUT2D eigenvalue weighted by molar-refractivity contribution is 0.281. The maximum absolute atomic E-state index is 13.7. The van der Waals surface area contributed by atoms with Gasteiger partial charge in [0.05, 0.1) is 11.5 Å². The topological polar surface area (TPSA) is 66.4 Å². The van der Waals surface area contributed by atoms with E-state index >= 15 is 0 Å². The largest absolute Gasteiger partial charge is 0.392 e. The normalized spacial score (nSPS) is 13.8. The number of rotatable bonds is 6. The maximum atomic E-state index is 13.7. The molecule has 0 spiro atoms. The molecule has 0 bridgehead atoms. The number of nitrogens with one attached hydrogen (secondary N) is 1. The molecule has 1 unspecified atom stereocenters. The average Bonchev–Trinajstić information content (AvgIpc) is 2.38. The zero-order chi connectivity index (χ0) is 15.5. The number of hydrogen-bond acceptors (Lipinski definition) is 3. The van der Waals surface area contributed by atoms with Crippen molar-refractivity contribution >= 4 is 10.0 Å². The van der Waals surface area contributed by atoms with Crippen LogP contribution >= 0.6 is 0 Å². The Morgan fingerprint density at radius 2 is 1.90 bits per heavy atom. The first-order valence-electron chi connectivity index (χ1n) is 6.58. The Bertz CT molecular complexity index is 570. The summed E-state index contributed by atoms with van der Waals surface area (Å²) in [6, 6.07) is 2.45. The molecule has 114 valence electrons. The molecule has 1 aromatic rings. The van der Waals surface area contributed by atoms with Gasteiger partial charge >= 0.3 is 0 Å². The smallest absolute Gasteiger partial charge is 0.240 e. The standard InChI is InChI=1S/C14H22FNO3S/c1-9(2)10(3)7-16-20(18,19)14-6-12(8-17)5-13(15)11(14)4/h5-6,9-10,16-17H,7-8H2,1-4H3. The summed E-state index contributed by atoms with van der Waals surface area (Å²) >= 11 is 0. The van der Waals surface area contributed by atoms with Crippen molar-refractivity contribution in [1.29, 1.82) is 0 Å². The number of hydrogen-bond donors (Lipinski definition) is 2. The summed E-state index contributed by atoms with van der Waals surface area (Å²) < 4.78 is 40.7. The van der Waals surface area contributed by atoms with Crippen LogP contribution in [0.3, 0.4) is 0 Å². The van der Waals surface area contributed by atoms with E-state index in [0.29, 0.717) is 12.5 Å². The summed E-state index contributed by atoms with van der Waals surface area (Å²) in [5, 5.41) is 9.05. The first kappa shape index (κ1) is 17.1. The molecule has 0 radical (unpaired) electrons. The lowest BCUT2D eigenvalue weighted by atomic mass is 9.99. The van der Waals surface area contributed by atoms with E-state index in [1.165, 1.54) is 13.0 Å². The van der Waals surface area contributed by atoms with Crippen LogP contribution in [0.1, 0.15) is 31.9 Å². The molecule has 1 aromatic carbocycles. The number of aliphatic hydroxyl groups is 1. The minimum Gasteiger partial charge on any atom is -0.392 e. The Balaban J connectivity index is 3.06. The lowest BCUT2D eigenvalue weighted by Gasteiger charge is -2.17. The van der Waals surface area contributed by atoms with Crippen LogP contribution in [0.5, 0.6) is 0 Å². The molecule has 0 heterocycles. The van der Waals surface area contributed by atoms with Gasteiger partial charge in [-0.3, -0.25) is 0 Å². The predicted molar refractivity (Wildman–Crippen MR) is 76.3 cm³/mol. The molecule has 0 aliphatic heterocycles. The van der Waals surface area contributed by atoms with Crippen LogP contribution in [0.15, 0.2) is 17.0 Å². The molecule has 0 fully saturated rings. The second kappa shape index (κ2) is 6.65. The fourth-order valence-electron chi connectivity index (χ4n) is 1.63. The number of aliphatic hydroxyl groups excluding tert-OH is 1. The van der Waals surface area contributed by atoms with Gasteiger partial charge in [-0.1, -0.05) is 20.8 Å². The van der Waals surface area contributed by atoms with Gasteiger partial charge < -0.3 is 5.11 Å². The van der Waals surface area contributed by atoms with Gasteiger partial charge in [0.15, 0.2) is 0 Å². The van der Waals surface area contributed by atoms with Gasteiger partial charge in [-0.2, -0.15) is 0 Å². The Morgan fingerprint density at radius 3 is 2.40 bits per heavy atom. The van der Waals surface area contributed by atoms with Crippen molar-refractivity contribution in [3.8, 4) is 0 Å². The third-order valence-corrected chi connectivity index (χ3v) is 5.11. The molecule has 0 aliphatic carbocycles. The van der Waals surface area contributed by atoms with Crippen LogP contribution in [0.4, 0.5) is 4.39 Å². The number of sulfonamides is 1. The van der Waals surface area contributed by atoms with Crippen molar-refractivity contribution in [2.45, 2.75) is 39.2 Å². The Hall–Kier alpha value is -0.980. The zero-order valence-electron chi connectivity index (χ0n) is 12.3. The predicted octanol–water partition coefficient (Wildman–Crippen LogP) is 2.20. The van der Waals surface area contributed by atoms with E-state index in [-0.39, 0.29) is 21.9 Å². The van der Waals surface area contributed by atoms with Crippen molar-refractivity contribution in [3.05, 3.63) is 29.1 Å². The SMILES string of the molecule is Cc1c(F)cc(CO)cc1S(=O)(=O)NCC(C)C(C)C. The molecule has 20 heavy (non-hydrogen) atoms. The second-order valence-electron chi connectivity index (χ2n) is 5.43. The van der Waals surface area contributed by atoms with Gasteiger partial charge in [0.25, 0.3) is 0 Å². The minimum absolute atomic E-state index is 0.0619. The van der Waals surface area contributed by atoms with Crippen LogP contribution in [0.2, 0.25) is 0 Å². The van der Waals surface area contributed by atoms with E-state index < -0.39 is 22.4 Å². The molecule has 1 atom stereocenters. The molecule has 0 aliphatic rings. The van der Waals surface area contributed by atoms with Crippen molar-refractivity contribution < 1.29 is 17.9 Å². The van der Waals surface area contributed by atoms with Crippen LogP contribution in [-0.4, -0.2) is 20.1 Å². The maximum Gasteiger partial charge on any atom is 0.240 e. The monoisotopic (exact) mass is 303 g/mol. The van der Waals surface area contributed by atoms with Crippen molar-refractivity contribution in [2.75, 3.05) is 6.54 Å². The van der Waals surface area contributed by atoms with E-state index in [4.69, 9.17) is 5.11 Å². The molecule has 0 amide bonds. The number of halogens is 1. The molecule has 0 saturated heterocycles. The molecule has 4 nitrogen and oxygen atoms in total. The molecule has 6 heteroatoms. The second-order valence-corrected chi connectivity index (χ2v) is 7.17. The summed E-state index contributed by atoms with van der Waals surface area (Å²) in [5.41, 5.74) is 0.303. The molecule has 2 N–H and O–H groups in total. The van der Waals surface area contributed by atoms with E-state index in [2.05, 4.69) is 4.72 Å². The van der Waals surface area contributed by atoms with E-state index in [0.717, 1.165) is 6.07 Å². The minimum atomic E-state index is -3.78. The highest BCUT2D eigenvalue weighted by Gasteiger charge is 2.21. The first-order chi connectivity index (χ1) is 9.19. The highest BCUT2D eigenvalue weighted by Crippen LogP contribution is 2.21. The molecule has 0 saturated carbocycles. The Labute approximate surface area is 120 Å². The number of benzene rings is 1. The van der Waals surface area contributed by atoms with Crippen LogP contribution < -0.4 is 4.72 Å². The fourth-order valence-corrected chi connectivity index (χ4v) is 3.08. The van der Waals surface area contributed by atoms with E-state index in [9.17, 15) is 12.8 Å². The Morgan fingerprint density at radius 1 is 1.30 bits per heavy atom. The third kappa shape index (κ3) is 4.01. The molecule has 1 rings (SSSR count).